The molecule has 5 rings (SSSR count). The van der Waals surface area contributed by atoms with Gasteiger partial charge in [-0.3, -0.25) is 9.69 Å². The van der Waals surface area contributed by atoms with Crippen LogP contribution in [0, 0.1) is 5.82 Å². The highest BCUT2D eigenvalue weighted by molar-refractivity contribution is 6.31. The summed E-state index contributed by atoms with van der Waals surface area (Å²) in [7, 11) is 1.53. The molecular weight excluding hydrogens is 650 g/mol. The van der Waals surface area contributed by atoms with E-state index in [1.165, 1.54) is 51.6 Å². The van der Waals surface area contributed by atoms with Gasteiger partial charge in [0.15, 0.2) is 5.83 Å². The fourth-order valence-corrected chi connectivity index (χ4v) is 4.70. The Bertz CT molecular complexity index is 1560. The lowest BCUT2D eigenvalue weighted by atomic mass is 10.1. The van der Waals surface area contributed by atoms with Gasteiger partial charge in [-0.1, -0.05) is 23.2 Å². The molecule has 2 aromatic carbocycles. The highest BCUT2D eigenvalue weighted by Gasteiger charge is 2.36. The largest absolute Gasteiger partial charge is 0.489 e. The van der Waals surface area contributed by atoms with Crippen molar-refractivity contribution in [1.82, 2.24) is 14.9 Å². The van der Waals surface area contributed by atoms with E-state index in [1.807, 2.05) is 4.90 Å². The predicted octanol–water partition coefficient (Wildman–Crippen LogP) is 6.53. The molecule has 15 heteroatoms. The first-order chi connectivity index (χ1) is 22.0. The number of anilines is 3. The summed E-state index contributed by atoms with van der Waals surface area (Å²) in [4.78, 5) is 23.4. The van der Waals surface area contributed by atoms with Crippen LogP contribution in [-0.2, 0) is 19.0 Å². The first-order valence-electron chi connectivity index (χ1n) is 14.3. The maximum Gasteiger partial charge on any atom is 0.284 e. The molecule has 0 aliphatic carbocycles. The van der Waals surface area contributed by atoms with E-state index in [4.69, 9.17) is 42.1 Å². The van der Waals surface area contributed by atoms with E-state index in [2.05, 4.69) is 20.6 Å². The van der Waals surface area contributed by atoms with E-state index < -0.39 is 17.6 Å². The van der Waals surface area contributed by atoms with E-state index in [0.29, 0.717) is 55.3 Å². The van der Waals surface area contributed by atoms with Crippen molar-refractivity contribution in [3.05, 3.63) is 70.3 Å². The lowest BCUT2D eigenvalue weighted by molar-refractivity contribution is -0.116. The summed E-state index contributed by atoms with van der Waals surface area (Å²) in [5.41, 5.74) is 1.19. The maximum atomic E-state index is 14.9. The van der Waals surface area contributed by atoms with E-state index in [1.54, 1.807) is 12.1 Å². The second kappa shape index (κ2) is 16.9. The van der Waals surface area contributed by atoms with Crippen LogP contribution in [0.3, 0.4) is 0 Å². The summed E-state index contributed by atoms with van der Waals surface area (Å²) < 4.78 is 62.3. The molecule has 0 bridgehead atoms. The SMILES string of the molecule is C/C(F)=C(\C)Cl.COCCOc1cc2ncnc(Nc3ccc(F)c(Cl)c3)c2cc1NC(=O)/C(F)=C\CN1CC2OCCOC2C1. The quantitative estimate of drug-likeness (QED) is 0.182. The number of carbonyl (C=O) groups is 1. The van der Waals surface area contributed by atoms with E-state index >= 15 is 0 Å². The van der Waals surface area contributed by atoms with Gasteiger partial charge < -0.3 is 29.6 Å². The summed E-state index contributed by atoms with van der Waals surface area (Å²) in [5, 5.41) is 6.35. The van der Waals surface area contributed by atoms with Crippen molar-refractivity contribution in [2.45, 2.75) is 26.1 Å². The zero-order chi connectivity index (χ0) is 33.2. The number of nitrogens with one attached hydrogen (secondary N) is 2. The predicted molar refractivity (Wildman–Crippen MR) is 171 cm³/mol. The molecule has 1 amide bonds. The molecule has 248 valence electrons. The number of allylic oxidation sites excluding steroid dienone is 2. The van der Waals surface area contributed by atoms with Crippen LogP contribution in [0.2, 0.25) is 5.02 Å². The molecule has 3 heterocycles. The number of hydrogen-bond acceptors (Lipinski definition) is 9. The smallest absolute Gasteiger partial charge is 0.284 e. The summed E-state index contributed by atoms with van der Waals surface area (Å²) >= 11 is 11.0. The van der Waals surface area contributed by atoms with E-state index in [9.17, 15) is 18.0 Å². The van der Waals surface area contributed by atoms with Crippen molar-refractivity contribution in [3.8, 4) is 5.75 Å². The minimum atomic E-state index is -0.941. The number of methoxy groups -OCH3 is 1. The van der Waals surface area contributed by atoms with Crippen molar-refractivity contribution >= 4 is 57.2 Å². The third-order valence-corrected chi connectivity index (χ3v) is 7.52. The average Bonchev–Trinajstić information content (AvgIpc) is 3.45. The Morgan fingerprint density at radius 2 is 1.80 bits per heavy atom. The molecule has 2 fully saturated rings. The summed E-state index contributed by atoms with van der Waals surface area (Å²) in [6.45, 7) is 5.85. The number of ether oxygens (including phenoxy) is 4. The monoisotopic (exact) mass is 683 g/mol. The van der Waals surface area contributed by atoms with Gasteiger partial charge in [-0.15, -0.1) is 0 Å². The van der Waals surface area contributed by atoms with Crippen LogP contribution in [0.4, 0.5) is 30.4 Å². The zero-order valence-corrected chi connectivity index (χ0v) is 26.9. The number of halogens is 5. The lowest BCUT2D eigenvalue weighted by Crippen LogP contribution is -2.36. The van der Waals surface area contributed by atoms with Crippen LogP contribution in [0.5, 0.6) is 5.75 Å². The van der Waals surface area contributed by atoms with Gasteiger partial charge in [-0.2, -0.15) is 0 Å². The van der Waals surface area contributed by atoms with Gasteiger partial charge in [-0.25, -0.2) is 23.1 Å². The van der Waals surface area contributed by atoms with Gasteiger partial charge in [0, 0.05) is 48.9 Å². The molecule has 2 aliphatic rings. The van der Waals surface area contributed by atoms with Gasteiger partial charge in [0.2, 0.25) is 0 Å². The third-order valence-electron chi connectivity index (χ3n) is 6.97. The number of nitrogens with zero attached hydrogens (tertiary/aromatic N) is 3. The molecular formula is C31H34Cl2F3N5O5. The van der Waals surface area contributed by atoms with Crippen LogP contribution in [0.25, 0.3) is 10.9 Å². The first kappa shape index (κ1) is 35.4. The summed E-state index contributed by atoms with van der Waals surface area (Å²) in [5.74, 6) is -2.10. The molecule has 0 spiro atoms. The molecule has 2 unspecified atom stereocenters. The van der Waals surface area contributed by atoms with Crippen LogP contribution in [-0.4, -0.2) is 86.2 Å². The molecule has 2 N–H and O–H groups in total. The molecule has 46 heavy (non-hydrogen) atoms. The number of benzene rings is 2. The van der Waals surface area contributed by atoms with Gasteiger partial charge in [0.05, 0.1) is 48.3 Å². The molecule has 0 saturated carbocycles. The van der Waals surface area contributed by atoms with Gasteiger partial charge in [0.25, 0.3) is 5.91 Å². The van der Waals surface area contributed by atoms with Gasteiger partial charge in [0.1, 0.15) is 36.1 Å². The number of hydrogen-bond donors (Lipinski definition) is 2. The second-order valence-electron chi connectivity index (χ2n) is 10.3. The summed E-state index contributed by atoms with van der Waals surface area (Å²) in [6.07, 6.45) is 2.49. The lowest BCUT2D eigenvalue weighted by Gasteiger charge is -2.24. The Morgan fingerprint density at radius 1 is 1.11 bits per heavy atom. The normalized spacial score (nSPS) is 18.7. The summed E-state index contributed by atoms with van der Waals surface area (Å²) in [6, 6.07) is 7.35. The van der Waals surface area contributed by atoms with Crippen LogP contribution in [0.1, 0.15) is 13.8 Å². The van der Waals surface area contributed by atoms with Crippen molar-refractivity contribution < 1.29 is 36.9 Å². The van der Waals surface area contributed by atoms with Crippen LogP contribution < -0.4 is 15.4 Å². The topological polar surface area (TPSA) is 107 Å². The van der Waals surface area contributed by atoms with Crippen molar-refractivity contribution in [2.24, 2.45) is 0 Å². The van der Waals surface area contributed by atoms with Crippen LogP contribution >= 0.6 is 23.2 Å². The molecule has 10 nitrogen and oxygen atoms in total. The van der Waals surface area contributed by atoms with Crippen LogP contribution in [0.15, 0.2) is 59.4 Å². The molecule has 2 atom stereocenters. The highest BCUT2D eigenvalue weighted by Crippen LogP contribution is 2.34. The Labute approximate surface area is 274 Å². The first-order valence-corrected chi connectivity index (χ1v) is 15.0. The Hall–Kier alpha value is -3.46. The number of amides is 1. The number of fused-ring (bicyclic) bond motifs is 2. The van der Waals surface area contributed by atoms with Crippen molar-refractivity contribution in [3.63, 3.8) is 0 Å². The second-order valence-corrected chi connectivity index (χ2v) is 11.3. The minimum Gasteiger partial charge on any atom is -0.489 e. The highest BCUT2D eigenvalue weighted by atomic mass is 35.5. The zero-order valence-electron chi connectivity index (χ0n) is 25.4. The van der Waals surface area contributed by atoms with Gasteiger partial charge in [-0.05, 0) is 44.2 Å². The molecule has 2 aliphatic heterocycles. The average molecular weight is 685 g/mol. The Morgan fingerprint density at radius 3 is 2.43 bits per heavy atom. The maximum absolute atomic E-state index is 14.9. The fraction of sp³-hybridized carbons (Fsp3) is 0.387. The minimum absolute atomic E-state index is 0.0422. The number of carbonyl (C=O) groups excluding carboxylic acids is 1. The molecule has 1 aromatic heterocycles. The molecule has 3 aromatic rings. The Kier molecular flexibility index (Phi) is 13.0. The number of rotatable bonds is 10. The van der Waals surface area contributed by atoms with Gasteiger partial charge >= 0.3 is 0 Å². The third kappa shape index (κ3) is 9.77. The number of likely N-dealkylation sites (tertiary alicyclic amines) is 1. The van der Waals surface area contributed by atoms with Crippen molar-refractivity contribution in [1.29, 1.82) is 0 Å². The van der Waals surface area contributed by atoms with E-state index in [0.717, 1.165) is 0 Å². The molecule has 0 radical (unpaired) electrons. The van der Waals surface area contributed by atoms with Crippen molar-refractivity contribution in [2.75, 3.05) is 63.8 Å². The number of aromatic nitrogens is 2. The molecule has 2 saturated heterocycles. The van der Waals surface area contributed by atoms with E-state index in [-0.39, 0.29) is 52.7 Å². The standard InChI is InChI=1S/C27H28ClF2N5O5.C4H6ClF/c1-37-6-7-38-23-12-21-17(26(32-15-31-21)33-16-2-3-19(29)18(28)10-16)11-22(23)34-27(36)20(30)4-5-35-13-24-25(14-35)40-9-8-39-24;1-3(5)4(2)6/h2-4,10-12,15,24-25H,5-9,13-14H2,1H3,(H,34,36)(H,31,32,33);1-2H3/b20-4+;4-3-. The Balaban J connectivity index is 0.000000731. The fourth-order valence-electron chi connectivity index (χ4n) is 4.52.